The number of benzene rings is 1. The maximum atomic E-state index is 11.3. The summed E-state index contributed by atoms with van der Waals surface area (Å²) in [5, 5.41) is 0. The molecule has 0 radical (unpaired) electrons. The Kier molecular flexibility index (Phi) is 4.94. The molecule has 17 heavy (non-hydrogen) atoms. The van der Waals surface area contributed by atoms with Gasteiger partial charge in [0, 0.05) is 0 Å². The van der Waals surface area contributed by atoms with Gasteiger partial charge in [-0.1, -0.05) is 24.8 Å². The van der Waals surface area contributed by atoms with Gasteiger partial charge >= 0.3 is 11.9 Å². The van der Waals surface area contributed by atoms with Crippen molar-refractivity contribution >= 4 is 18.0 Å². The lowest BCUT2D eigenvalue weighted by atomic mass is 10.2. The molecular formula is C13H14O4. The highest BCUT2D eigenvalue weighted by molar-refractivity contribution is 5.92. The molecule has 0 bridgehead atoms. The Balaban J connectivity index is 2.55. The van der Waals surface area contributed by atoms with Gasteiger partial charge in [0.15, 0.2) is 0 Å². The van der Waals surface area contributed by atoms with E-state index in [4.69, 9.17) is 4.74 Å². The summed E-state index contributed by atoms with van der Waals surface area (Å²) in [6.07, 6.45) is 1.26. The van der Waals surface area contributed by atoms with Crippen LogP contribution in [-0.2, 0) is 14.3 Å². The molecule has 0 aromatic heterocycles. The first kappa shape index (κ1) is 13.0. The zero-order valence-electron chi connectivity index (χ0n) is 9.64. The second kappa shape index (κ2) is 6.48. The largest absolute Gasteiger partial charge is 0.466 e. The second-order valence-corrected chi connectivity index (χ2v) is 3.23. The van der Waals surface area contributed by atoms with Crippen molar-refractivity contribution in [2.24, 2.45) is 0 Å². The van der Waals surface area contributed by atoms with E-state index < -0.39 is 11.9 Å². The lowest BCUT2D eigenvalue weighted by Crippen LogP contribution is -2.16. The van der Waals surface area contributed by atoms with Gasteiger partial charge in [-0.3, -0.25) is 9.59 Å². The lowest BCUT2D eigenvalue weighted by molar-refractivity contribution is -0.149. The number of carbonyl (C=O) groups excluding carboxylic acids is 2. The molecule has 0 aliphatic rings. The molecule has 0 fully saturated rings. The number of hydrogen-bond acceptors (Lipinski definition) is 4. The summed E-state index contributed by atoms with van der Waals surface area (Å²) in [7, 11) is 0. The zero-order chi connectivity index (χ0) is 12.7. The number of hydrogen-bond donors (Lipinski definition) is 0. The first-order chi connectivity index (χ1) is 8.15. The summed E-state index contributed by atoms with van der Waals surface area (Å²) in [4.78, 5) is 22.4. The molecule has 0 N–H and O–H groups in total. The minimum absolute atomic E-state index is 0.248. The van der Waals surface area contributed by atoms with Crippen molar-refractivity contribution < 1.29 is 19.1 Å². The van der Waals surface area contributed by atoms with Crippen LogP contribution in [0.5, 0.6) is 5.75 Å². The van der Waals surface area contributed by atoms with Crippen molar-refractivity contribution in [3.05, 3.63) is 36.4 Å². The van der Waals surface area contributed by atoms with E-state index in [9.17, 15) is 9.59 Å². The van der Waals surface area contributed by atoms with Crippen LogP contribution in [0.1, 0.15) is 18.9 Å². The lowest BCUT2D eigenvalue weighted by Gasteiger charge is -2.04. The number of ether oxygens (including phenoxy) is 2. The summed E-state index contributed by atoms with van der Waals surface area (Å²) in [5.74, 6) is -0.835. The van der Waals surface area contributed by atoms with Crippen LogP contribution >= 0.6 is 0 Å². The third-order valence-corrected chi connectivity index (χ3v) is 1.92. The smallest absolute Gasteiger partial charge is 0.322 e. The van der Waals surface area contributed by atoms with Crippen LogP contribution in [-0.4, -0.2) is 18.5 Å². The van der Waals surface area contributed by atoms with E-state index in [2.05, 4.69) is 11.3 Å². The third-order valence-electron chi connectivity index (χ3n) is 1.92. The molecular weight excluding hydrogens is 220 g/mol. The fourth-order valence-electron chi connectivity index (χ4n) is 1.20. The van der Waals surface area contributed by atoms with Crippen molar-refractivity contribution in [2.75, 3.05) is 6.61 Å². The van der Waals surface area contributed by atoms with Gasteiger partial charge in [-0.2, -0.15) is 0 Å². The predicted molar refractivity (Wildman–Crippen MR) is 63.4 cm³/mol. The topological polar surface area (TPSA) is 52.6 Å². The molecule has 0 atom stereocenters. The fourth-order valence-corrected chi connectivity index (χ4v) is 1.20. The molecule has 1 aromatic rings. The van der Waals surface area contributed by atoms with Crippen molar-refractivity contribution in [3.8, 4) is 5.75 Å². The number of carbonyl (C=O) groups is 2. The molecule has 1 rings (SSSR count). The van der Waals surface area contributed by atoms with Gasteiger partial charge in [0.05, 0.1) is 6.61 Å². The van der Waals surface area contributed by atoms with Crippen LogP contribution < -0.4 is 4.74 Å². The van der Waals surface area contributed by atoms with Crippen molar-refractivity contribution in [1.29, 1.82) is 0 Å². The summed E-state index contributed by atoms with van der Waals surface area (Å²) in [5.41, 5.74) is 0.839. The van der Waals surface area contributed by atoms with Crippen molar-refractivity contribution in [2.45, 2.75) is 13.3 Å². The molecule has 0 saturated heterocycles. The van der Waals surface area contributed by atoms with Gasteiger partial charge in [0.2, 0.25) is 0 Å². The molecule has 0 aliphatic heterocycles. The normalized spacial score (nSPS) is 9.47. The number of esters is 2. The molecule has 0 amide bonds. The van der Waals surface area contributed by atoms with Gasteiger partial charge in [-0.15, -0.1) is 0 Å². The Morgan fingerprint density at radius 2 is 2.12 bits per heavy atom. The van der Waals surface area contributed by atoms with Gasteiger partial charge in [0.1, 0.15) is 12.2 Å². The van der Waals surface area contributed by atoms with E-state index in [1.165, 1.54) is 0 Å². The maximum absolute atomic E-state index is 11.3. The van der Waals surface area contributed by atoms with Gasteiger partial charge < -0.3 is 9.47 Å². The molecule has 90 valence electrons. The SMILES string of the molecule is C=Cc1cccc(OC(=O)CC(=O)OCC)c1. The van der Waals surface area contributed by atoms with Crippen molar-refractivity contribution in [3.63, 3.8) is 0 Å². The first-order valence-corrected chi connectivity index (χ1v) is 5.24. The minimum atomic E-state index is -0.635. The molecule has 4 heteroatoms. The maximum Gasteiger partial charge on any atom is 0.322 e. The Morgan fingerprint density at radius 1 is 1.35 bits per heavy atom. The fraction of sp³-hybridized carbons (Fsp3) is 0.231. The average molecular weight is 234 g/mol. The van der Waals surface area contributed by atoms with Crippen LogP contribution in [0.4, 0.5) is 0 Å². The first-order valence-electron chi connectivity index (χ1n) is 5.24. The van der Waals surface area contributed by atoms with Crippen molar-refractivity contribution in [1.82, 2.24) is 0 Å². The summed E-state index contributed by atoms with van der Waals surface area (Å²) in [6, 6.07) is 6.87. The molecule has 0 heterocycles. The zero-order valence-corrected chi connectivity index (χ0v) is 9.64. The predicted octanol–water partition coefficient (Wildman–Crippen LogP) is 2.19. The Morgan fingerprint density at radius 3 is 2.76 bits per heavy atom. The average Bonchev–Trinajstić information content (AvgIpc) is 2.29. The molecule has 0 spiro atoms. The van der Waals surface area contributed by atoms with Gasteiger partial charge in [-0.25, -0.2) is 0 Å². The molecule has 1 aromatic carbocycles. The summed E-state index contributed by atoms with van der Waals surface area (Å²) < 4.78 is 9.63. The Labute approximate surface area is 99.8 Å². The van der Waals surface area contributed by atoms with Crippen LogP contribution in [0, 0.1) is 0 Å². The molecule has 0 aliphatic carbocycles. The number of rotatable bonds is 5. The molecule has 0 saturated carbocycles. The van der Waals surface area contributed by atoms with E-state index in [1.807, 2.05) is 6.07 Å². The van der Waals surface area contributed by atoms with Crippen LogP contribution in [0.25, 0.3) is 6.08 Å². The monoisotopic (exact) mass is 234 g/mol. The highest BCUT2D eigenvalue weighted by Crippen LogP contribution is 2.14. The van der Waals surface area contributed by atoms with E-state index in [-0.39, 0.29) is 13.0 Å². The van der Waals surface area contributed by atoms with Crippen LogP contribution in [0.2, 0.25) is 0 Å². The summed E-state index contributed by atoms with van der Waals surface area (Å²) in [6.45, 7) is 5.53. The Bertz CT molecular complexity index is 423. The second-order valence-electron chi connectivity index (χ2n) is 3.23. The van der Waals surface area contributed by atoms with E-state index in [0.717, 1.165) is 5.56 Å². The van der Waals surface area contributed by atoms with Gasteiger partial charge in [-0.05, 0) is 24.6 Å². The van der Waals surface area contributed by atoms with Crippen LogP contribution in [0.15, 0.2) is 30.8 Å². The highest BCUT2D eigenvalue weighted by atomic mass is 16.6. The molecule has 0 unspecified atom stereocenters. The van der Waals surface area contributed by atoms with Gasteiger partial charge in [0.25, 0.3) is 0 Å². The van der Waals surface area contributed by atoms with E-state index in [0.29, 0.717) is 5.75 Å². The quantitative estimate of drug-likeness (QED) is 0.445. The van der Waals surface area contributed by atoms with E-state index >= 15 is 0 Å². The van der Waals surface area contributed by atoms with E-state index in [1.54, 1.807) is 31.2 Å². The van der Waals surface area contributed by atoms with Crippen LogP contribution in [0.3, 0.4) is 0 Å². The Hall–Kier alpha value is -2.10. The minimum Gasteiger partial charge on any atom is -0.466 e. The highest BCUT2D eigenvalue weighted by Gasteiger charge is 2.12. The molecule has 4 nitrogen and oxygen atoms in total. The standard InChI is InChI=1S/C13H14O4/c1-3-10-6-5-7-11(8-10)17-13(15)9-12(14)16-4-2/h3,5-8H,1,4,9H2,2H3. The summed E-state index contributed by atoms with van der Waals surface area (Å²) >= 11 is 0. The third kappa shape index (κ3) is 4.51.